The largest absolute Gasteiger partial charge is 0.386 e. The highest BCUT2D eigenvalue weighted by Crippen LogP contribution is 2.06. The lowest BCUT2D eigenvalue weighted by molar-refractivity contribution is -0.117. The lowest BCUT2D eigenvalue weighted by Crippen LogP contribution is -2.27. The highest BCUT2D eigenvalue weighted by Gasteiger charge is 2.07. The molecule has 118 valence electrons. The summed E-state index contributed by atoms with van der Waals surface area (Å²) < 4.78 is 5.18. The summed E-state index contributed by atoms with van der Waals surface area (Å²) in [5.41, 5.74) is 2.38. The van der Waals surface area contributed by atoms with Crippen LogP contribution in [0, 0.1) is 18.3 Å². The van der Waals surface area contributed by atoms with Gasteiger partial charge in [0.1, 0.15) is 11.6 Å². The quantitative estimate of drug-likeness (QED) is 0.416. The Morgan fingerprint density at radius 3 is 2.86 bits per heavy atom. The topological polar surface area (TPSA) is 74.1 Å². The van der Waals surface area contributed by atoms with Gasteiger partial charge in [0, 0.05) is 32.5 Å². The van der Waals surface area contributed by atoms with Gasteiger partial charge in [-0.25, -0.2) is 0 Å². The Kier molecular flexibility index (Phi) is 8.39. The molecule has 0 fully saturated rings. The van der Waals surface area contributed by atoms with E-state index in [0.29, 0.717) is 26.3 Å². The first-order chi connectivity index (χ1) is 10.7. The average Bonchev–Trinajstić information content (AvgIpc) is 2.53. The number of nitrogens with zero attached hydrogens (tertiary/aromatic N) is 1. The molecule has 0 aromatic heterocycles. The number of nitrogens with one attached hydrogen (secondary N) is 2. The number of carbonyl (C=O) groups is 1. The van der Waals surface area contributed by atoms with Crippen molar-refractivity contribution >= 4 is 5.91 Å². The number of ether oxygens (including phenoxy) is 1. The zero-order valence-corrected chi connectivity index (χ0v) is 13.2. The molecule has 1 aromatic carbocycles. The number of amides is 1. The maximum absolute atomic E-state index is 11.8. The molecule has 1 rings (SSSR count). The molecule has 0 radical (unpaired) electrons. The molecule has 0 atom stereocenters. The van der Waals surface area contributed by atoms with Gasteiger partial charge in [0.25, 0.3) is 5.91 Å². The van der Waals surface area contributed by atoms with E-state index in [9.17, 15) is 4.79 Å². The predicted octanol–water partition coefficient (Wildman–Crippen LogP) is 2.03. The number of rotatable bonds is 9. The minimum absolute atomic E-state index is 0.0741. The molecule has 0 unspecified atom stereocenters. The summed E-state index contributed by atoms with van der Waals surface area (Å²) in [4.78, 5) is 11.8. The van der Waals surface area contributed by atoms with Gasteiger partial charge in [0.2, 0.25) is 0 Å². The molecule has 0 aliphatic heterocycles. The van der Waals surface area contributed by atoms with E-state index in [-0.39, 0.29) is 11.5 Å². The van der Waals surface area contributed by atoms with Crippen LogP contribution in [0.2, 0.25) is 0 Å². The van der Waals surface area contributed by atoms with Gasteiger partial charge in [-0.15, -0.1) is 0 Å². The van der Waals surface area contributed by atoms with Crippen LogP contribution in [0.3, 0.4) is 0 Å². The molecule has 0 heterocycles. The first-order valence-corrected chi connectivity index (χ1v) is 7.43. The minimum atomic E-state index is -0.365. The fraction of sp³-hybridized carbons (Fsp3) is 0.412. The molecule has 5 heteroatoms. The third-order valence-electron chi connectivity index (χ3n) is 3.12. The highest BCUT2D eigenvalue weighted by atomic mass is 16.5. The van der Waals surface area contributed by atoms with E-state index in [1.165, 1.54) is 11.8 Å². The molecule has 0 saturated carbocycles. The van der Waals surface area contributed by atoms with Crippen molar-refractivity contribution in [3.05, 3.63) is 47.2 Å². The molecule has 1 aromatic rings. The van der Waals surface area contributed by atoms with E-state index in [4.69, 9.17) is 10.00 Å². The van der Waals surface area contributed by atoms with Crippen molar-refractivity contribution in [3.8, 4) is 6.07 Å². The summed E-state index contributed by atoms with van der Waals surface area (Å²) in [5, 5.41) is 14.8. The Balaban J connectivity index is 2.41. The smallest absolute Gasteiger partial charge is 0.263 e. The molecule has 1 amide bonds. The van der Waals surface area contributed by atoms with Gasteiger partial charge < -0.3 is 15.4 Å². The van der Waals surface area contributed by atoms with E-state index >= 15 is 0 Å². The summed E-state index contributed by atoms with van der Waals surface area (Å²) in [6.45, 7) is 6.30. The van der Waals surface area contributed by atoms with Crippen LogP contribution in [0.1, 0.15) is 24.5 Å². The van der Waals surface area contributed by atoms with Crippen molar-refractivity contribution in [2.75, 3.05) is 19.8 Å². The number of aryl methyl sites for hydroxylation is 1. The molecule has 0 bridgehead atoms. The van der Waals surface area contributed by atoms with Crippen LogP contribution in [0.5, 0.6) is 0 Å². The van der Waals surface area contributed by atoms with Crippen LogP contribution in [0.25, 0.3) is 0 Å². The number of hydrogen-bond donors (Lipinski definition) is 2. The third kappa shape index (κ3) is 6.42. The van der Waals surface area contributed by atoms with Crippen LogP contribution >= 0.6 is 0 Å². The van der Waals surface area contributed by atoms with Gasteiger partial charge in [0.05, 0.1) is 0 Å². The second kappa shape index (κ2) is 10.4. The summed E-state index contributed by atoms with van der Waals surface area (Å²) in [7, 11) is 0. The van der Waals surface area contributed by atoms with E-state index in [1.54, 1.807) is 0 Å². The molecular weight excluding hydrogens is 278 g/mol. The Hall–Kier alpha value is -2.32. The Labute approximate surface area is 132 Å². The Morgan fingerprint density at radius 2 is 2.18 bits per heavy atom. The van der Waals surface area contributed by atoms with Crippen molar-refractivity contribution in [1.82, 2.24) is 10.6 Å². The monoisotopic (exact) mass is 301 g/mol. The van der Waals surface area contributed by atoms with E-state index in [1.807, 2.05) is 44.2 Å². The normalized spacial score (nSPS) is 10.9. The molecule has 22 heavy (non-hydrogen) atoms. The van der Waals surface area contributed by atoms with E-state index in [0.717, 1.165) is 12.0 Å². The zero-order valence-electron chi connectivity index (χ0n) is 13.2. The Morgan fingerprint density at radius 1 is 1.41 bits per heavy atom. The van der Waals surface area contributed by atoms with Gasteiger partial charge in [-0.05, 0) is 31.4 Å². The Bertz CT molecular complexity index is 547. The van der Waals surface area contributed by atoms with Gasteiger partial charge in [0.15, 0.2) is 0 Å². The fourth-order valence-corrected chi connectivity index (χ4v) is 1.84. The van der Waals surface area contributed by atoms with Crippen molar-refractivity contribution in [1.29, 1.82) is 5.26 Å². The van der Waals surface area contributed by atoms with Gasteiger partial charge in [-0.1, -0.05) is 24.3 Å². The van der Waals surface area contributed by atoms with Crippen molar-refractivity contribution in [3.63, 3.8) is 0 Å². The maximum Gasteiger partial charge on any atom is 0.263 e. The van der Waals surface area contributed by atoms with Crippen molar-refractivity contribution in [2.24, 2.45) is 0 Å². The molecule has 0 aliphatic rings. The minimum Gasteiger partial charge on any atom is -0.386 e. The molecule has 0 spiro atoms. The number of hydrogen-bond acceptors (Lipinski definition) is 4. The SMILES string of the molecule is CCOCCCNC(=O)/C(C#N)=C\NCc1ccccc1C. The number of benzene rings is 1. The first-order valence-electron chi connectivity index (χ1n) is 7.43. The summed E-state index contributed by atoms with van der Waals surface area (Å²) in [6.07, 6.45) is 2.19. The average molecular weight is 301 g/mol. The van der Waals surface area contributed by atoms with Crippen LogP contribution in [0.4, 0.5) is 0 Å². The van der Waals surface area contributed by atoms with Crippen molar-refractivity contribution in [2.45, 2.75) is 26.8 Å². The summed E-state index contributed by atoms with van der Waals surface area (Å²) >= 11 is 0. The maximum atomic E-state index is 11.8. The van der Waals surface area contributed by atoms with Crippen LogP contribution in [-0.4, -0.2) is 25.7 Å². The standard InChI is InChI=1S/C17H23N3O2/c1-3-22-10-6-9-20-17(21)16(11-18)13-19-12-15-8-5-4-7-14(15)2/h4-5,7-8,13,19H,3,6,9-10,12H2,1-2H3,(H,20,21)/b16-13-. The second-order valence-electron chi connectivity index (χ2n) is 4.78. The molecule has 0 aliphatic carbocycles. The number of nitriles is 1. The number of carbonyl (C=O) groups excluding carboxylic acids is 1. The molecule has 0 saturated heterocycles. The lowest BCUT2D eigenvalue weighted by atomic mass is 10.1. The summed E-state index contributed by atoms with van der Waals surface area (Å²) in [5.74, 6) is -0.365. The highest BCUT2D eigenvalue weighted by molar-refractivity contribution is 5.97. The van der Waals surface area contributed by atoms with E-state index < -0.39 is 0 Å². The first kappa shape index (κ1) is 17.7. The fourth-order valence-electron chi connectivity index (χ4n) is 1.84. The zero-order chi connectivity index (χ0) is 16.2. The predicted molar refractivity (Wildman–Crippen MR) is 85.8 cm³/mol. The lowest BCUT2D eigenvalue weighted by Gasteiger charge is -2.07. The third-order valence-corrected chi connectivity index (χ3v) is 3.12. The summed E-state index contributed by atoms with van der Waals surface area (Å²) in [6, 6.07) is 9.88. The molecule has 2 N–H and O–H groups in total. The van der Waals surface area contributed by atoms with Crippen LogP contribution in [-0.2, 0) is 16.1 Å². The van der Waals surface area contributed by atoms with Crippen LogP contribution in [0.15, 0.2) is 36.0 Å². The van der Waals surface area contributed by atoms with E-state index in [2.05, 4.69) is 10.6 Å². The molecular formula is C17H23N3O2. The van der Waals surface area contributed by atoms with Gasteiger partial charge in [-0.3, -0.25) is 4.79 Å². The van der Waals surface area contributed by atoms with Gasteiger partial charge >= 0.3 is 0 Å². The van der Waals surface area contributed by atoms with Crippen molar-refractivity contribution < 1.29 is 9.53 Å². The van der Waals surface area contributed by atoms with Crippen LogP contribution < -0.4 is 10.6 Å². The van der Waals surface area contributed by atoms with Gasteiger partial charge in [-0.2, -0.15) is 5.26 Å². The molecule has 5 nitrogen and oxygen atoms in total. The second-order valence-corrected chi connectivity index (χ2v) is 4.78.